The molecule has 0 saturated heterocycles. The maximum atomic E-state index is 9.47. The van der Waals surface area contributed by atoms with Crippen LogP contribution in [0.1, 0.15) is 25.3 Å². The monoisotopic (exact) mass is 320 g/mol. The van der Waals surface area contributed by atoms with Gasteiger partial charge >= 0.3 is 0 Å². The lowest BCUT2D eigenvalue weighted by Gasteiger charge is -2.10. The van der Waals surface area contributed by atoms with Crippen LogP contribution >= 0.6 is 31.9 Å². The van der Waals surface area contributed by atoms with E-state index in [-0.39, 0.29) is 6.10 Å². The van der Waals surface area contributed by atoms with Crippen LogP contribution in [0, 0.1) is 0 Å². The van der Waals surface area contributed by atoms with Gasteiger partial charge in [-0.2, -0.15) is 0 Å². The van der Waals surface area contributed by atoms with Crippen LogP contribution in [0.5, 0.6) is 0 Å². The Balaban J connectivity index is 2.66. The molecule has 0 saturated carbocycles. The summed E-state index contributed by atoms with van der Waals surface area (Å²) in [5.74, 6) is 0. The third-order valence-electron chi connectivity index (χ3n) is 2.26. The van der Waals surface area contributed by atoms with Gasteiger partial charge in [-0.15, -0.1) is 0 Å². The molecule has 1 aromatic rings. The molecule has 0 heterocycles. The lowest BCUT2D eigenvalue weighted by molar-refractivity contribution is 0.160. The summed E-state index contributed by atoms with van der Waals surface area (Å²) in [4.78, 5) is 0. The fourth-order valence-electron chi connectivity index (χ4n) is 1.29. The van der Waals surface area contributed by atoms with E-state index in [1.54, 1.807) is 0 Å². The van der Waals surface area contributed by atoms with Crippen LogP contribution in [0.25, 0.3) is 0 Å². The van der Waals surface area contributed by atoms with E-state index < -0.39 is 0 Å². The number of hydrogen-bond acceptors (Lipinski definition) is 1. The zero-order valence-electron chi connectivity index (χ0n) is 8.13. The smallest absolute Gasteiger partial charge is 0.0540 e. The minimum Gasteiger partial charge on any atom is -0.393 e. The van der Waals surface area contributed by atoms with Crippen molar-refractivity contribution in [3.8, 4) is 0 Å². The summed E-state index contributed by atoms with van der Waals surface area (Å²) in [6.45, 7) is 2.00. The predicted molar refractivity (Wildman–Crippen MR) is 66.5 cm³/mol. The molecule has 1 N–H and O–H groups in total. The molecule has 78 valence electrons. The van der Waals surface area contributed by atoms with Crippen LogP contribution in [0.3, 0.4) is 0 Å². The molecule has 0 radical (unpaired) electrons. The van der Waals surface area contributed by atoms with Gasteiger partial charge in [-0.05, 0) is 37.0 Å². The van der Waals surface area contributed by atoms with Crippen LogP contribution < -0.4 is 0 Å². The Hall–Kier alpha value is 0.140. The highest BCUT2D eigenvalue weighted by molar-refractivity contribution is 9.11. The zero-order chi connectivity index (χ0) is 10.6. The number of aliphatic hydroxyl groups is 1. The molecule has 1 nitrogen and oxygen atoms in total. The Labute approximate surface area is 102 Å². The van der Waals surface area contributed by atoms with Crippen molar-refractivity contribution in [1.29, 1.82) is 0 Å². The van der Waals surface area contributed by atoms with Crippen LogP contribution in [0.15, 0.2) is 27.1 Å². The van der Waals surface area contributed by atoms with Crippen molar-refractivity contribution in [2.45, 2.75) is 32.3 Å². The summed E-state index contributed by atoms with van der Waals surface area (Å²) in [5.41, 5.74) is 1.24. The Bertz CT molecular complexity index is 279. The molecular formula is C11H14Br2O. The SMILES string of the molecule is CCC(O)CCc1c(Br)cccc1Br. The Morgan fingerprint density at radius 2 is 1.86 bits per heavy atom. The summed E-state index contributed by atoms with van der Waals surface area (Å²) >= 11 is 7.01. The molecule has 1 atom stereocenters. The van der Waals surface area contributed by atoms with E-state index in [0.717, 1.165) is 28.2 Å². The second-order valence-electron chi connectivity index (χ2n) is 3.30. The van der Waals surface area contributed by atoms with Gasteiger partial charge in [-0.3, -0.25) is 0 Å². The molecule has 3 heteroatoms. The van der Waals surface area contributed by atoms with E-state index in [1.807, 2.05) is 25.1 Å². The second kappa shape index (κ2) is 5.89. The van der Waals surface area contributed by atoms with Gasteiger partial charge < -0.3 is 5.11 Å². The third-order valence-corrected chi connectivity index (χ3v) is 3.75. The molecule has 0 aliphatic carbocycles. The first kappa shape index (κ1) is 12.2. The first-order valence-corrected chi connectivity index (χ1v) is 6.34. The number of rotatable bonds is 4. The quantitative estimate of drug-likeness (QED) is 0.891. The van der Waals surface area contributed by atoms with Crippen molar-refractivity contribution in [1.82, 2.24) is 0 Å². The molecule has 0 bridgehead atoms. The molecule has 0 fully saturated rings. The maximum absolute atomic E-state index is 9.47. The minimum atomic E-state index is -0.186. The van der Waals surface area contributed by atoms with Gasteiger partial charge in [0.1, 0.15) is 0 Å². The third kappa shape index (κ3) is 3.37. The minimum absolute atomic E-state index is 0.186. The van der Waals surface area contributed by atoms with E-state index in [0.29, 0.717) is 0 Å². The number of hydrogen-bond donors (Lipinski definition) is 1. The first-order valence-electron chi connectivity index (χ1n) is 4.76. The van der Waals surface area contributed by atoms with Gasteiger partial charge in [0.2, 0.25) is 0 Å². The lowest BCUT2D eigenvalue weighted by atomic mass is 10.1. The molecular weight excluding hydrogens is 308 g/mol. The number of halogens is 2. The Morgan fingerprint density at radius 3 is 2.36 bits per heavy atom. The van der Waals surface area contributed by atoms with Gasteiger partial charge in [0.25, 0.3) is 0 Å². The van der Waals surface area contributed by atoms with Gasteiger partial charge in [0, 0.05) is 8.95 Å². The topological polar surface area (TPSA) is 20.2 Å². The van der Waals surface area contributed by atoms with Crippen molar-refractivity contribution >= 4 is 31.9 Å². The van der Waals surface area contributed by atoms with E-state index in [4.69, 9.17) is 0 Å². The van der Waals surface area contributed by atoms with Crippen LogP contribution in [0.2, 0.25) is 0 Å². The number of benzene rings is 1. The zero-order valence-corrected chi connectivity index (χ0v) is 11.3. The lowest BCUT2D eigenvalue weighted by Crippen LogP contribution is -2.06. The molecule has 1 unspecified atom stereocenters. The highest BCUT2D eigenvalue weighted by atomic mass is 79.9. The summed E-state index contributed by atoms with van der Waals surface area (Å²) < 4.78 is 2.21. The predicted octanol–water partition coefficient (Wildman–Crippen LogP) is 3.92. The normalized spacial score (nSPS) is 12.9. The van der Waals surface area contributed by atoms with E-state index >= 15 is 0 Å². The van der Waals surface area contributed by atoms with Crippen LogP contribution in [-0.4, -0.2) is 11.2 Å². The van der Waals surface area contributed by atoms with Gasteiger partial charge in [-0.1, -0.05) is 44.8 Å². The van der Waals surface area contributed by atoms with E-state index in [1.165, 1.54) is 5.56 Å². The van der Waals surface area contributed by atoms with Crippen LogP contribution in [-0.2, 0) is 6.42 Å². The average Bonchev–Trinajstić information content (AvgIpc) is 2.16. The first-order chi connectivity index (χ1) is 6.65. The molecule has 0 amide bonds. The summed E-state index contributed by atoms with van der Waals surface area (Å²) in [7, 11) is 0. The van der Waals surface area contributed by atoms with Crippen molar-refractivity contribution in [3.63, 3.8) is 0 Å². The fourth-order valence-corrected chi connectivity index (χ4v) is 2.68. The van der Waals surface area contributed by atoms with Crippen molar-refractivity contribution < 1.29 is 5.11 Å². The van der Waals surface area contributed by atoms with Gasteiger partial charge in [0.05, 0.1) is 6.10 Å². The van der Waals surface area contributed by atoms with Crippen molar-refractivity contribution in [2.24, 2.45) is 0 Å². The molecule has 0 aromatic heterocycles. The van der Waals surface area contributed by atoms with E-state index in [9.17, 15) is 5.11 Å². The molecule has 0 aliphatic heterocycles. The second-order valence-corrected chi connectivity index (χ2v) is 5.01. The molecule has 1 rings (SSSR count). The standard InChI is InChI=1S/C11H14Br2O/c1-2-8(14)6-7-9-10(12)4-3-5-11(9)13/h3-5,8,14H,2,6-7H2,1H3. The largest absolute Gasteiger partial charge is 0.393 e. The highest BCUT2D eigenvalue weighted by Gasteiger charge is 2.07. The average molecular weight is 322 g/mol. The molecule has 0 spiro atoms. The van der Waals surface area contributed by atoms with Crippen molar-refractivity contribution in [2.75, 3.05) is 0 Å². The molecule has 0 aliphatic rings. The highest BCUT2D eigenvalue weighted by Crippen LogP contribution is 2.26. The molecule has 14 heavy (non-hydrogen) atoms. The fraction of sp³-hybridized carbons (Fsp3) is 0.455. The maximum Gasteiger partial charge on any atom is 0.0540 e. The van der Waals surface area contributed by atoms with Gasteiger partial charge in [-0.25, -0.2) is 0 Å². The van der Waals surface area contributed by atoms with Crippen LogP contribution in [0.4, 0.5) is 0 Å². The number of aliphatic hydroxyl groups excluding tert-OH is 1. The van der Waals surface area contributed by atoms with Gasteiger partial charge in [0.15, 0.2) is 0 Å². The summed E-state index contributed by atoms with van der Waals surface area (Å²) in [5, 5.41) is 9.47. The Morgan fingerprint density at radius 1 is 1.29 bits per heavy atom. The van der Waals surface area contributed by atoms with Crippen molar-refractivity contribution in [3.05, 3.63) is 32.7 Å². The van der Waals surface area contributed by atoms with E-state index in [2.05, 4.69) is 31.9 Å². The summed E-state index contributed by atoms with van der Waals surface area (Å²) in [6.07, 6.45) is 2.35. The molecule has 1 aromatic carbocycles. The summed E-state index contributed by atoms with van der Waals surface area (Å²) in [6, 6.07) is 6.05. The Kier molecular flexibility index (Phi) is 5.13.